The lowest BCUT2D eigenvalue weighted by Crippen LogP contribution is -2.28. The van der Waals surface area contributed by atoms with Crippen LogP contribution in [-0.2, 0) is 19.1 Å². The summed E-state index contributed by atoms with van der Waals surface area (Å²) in [5, 5.41) is 0. The fourth-order valence-electron chi connectivity index (χ4n) is 0.945. The highest BCUT2D eigenvalue weighted by Crippen LogP contribution is 1.92. The fraction of sp³-hybridized carbons (Fsp3) is 0.385. The molecule has 0 atom stereocenters. The average Bonchev–Trinajstić information content (AvgIpc) is 2.29. The first-order valence-corrected chi connectivity index (χ1v) is 5.52. The molecule has 0 rings (SSSR count). The third-order valence-electron chi connectivity index (χ3n) is 1.73. The molecule has 0 unspecified atom stereocenters. The lowest BCUT2D eigenvalue weighted by atomic mass is 10.1. The molecule has 0 aliphatic heterocycles. The number of carbonyl (C=O) groups is 3. The maximum Gasteiger partial charge on any atom is 0.441 e. The number of hydrogen-bond acceptors (Lipinski definition) is 4. The molecule has 0 aliphatic rings. The molecule has 6 heteroatoms. The molecule has 0 N–H and O–H groups in total. The Kier molecular flexibility index (Phi) is 7.43. The monoisotopic (exact) mass is 262 g/mol. The molecule has 0 spiro atoms. The predicted octanol–water partition coefficient (Wildman–Crippen LogP) is 0.718. The summed E-state index contributed by atoms with van der Waals surface area (Å²) in [6.07, 6.45) is 0.885. The van der Waals surface area contributed by atoms with Crippen LogP contribution in [0, 0.1) is 11.8 Å². The normalized spacial score (nSPS) is 8.37. The summed E-state index contributed by atoms with van der Waals surface area (Å²) in [5.74, 6) is 2.01. The molecule has 0 saturated carbocycles. The molecule has 0 amide bonds. The summed E-state index contributed by atoms with van der Waals surface area (Å²) in [6.45, 7) is 5.18. The van der Waals surface area contributed by atoms with E-state index in [0.717, 1.165) is 5.57 Å². The summed E-state index contributed by atoms with van der Waals surface area (Å²) in [6, 6.07) is 0. The van der Waals surface area contributed by atoms with E-state index in [4.69, 9.17) is 5.53 Å². The van der Waals surface area contributed by atoms with E-state index in [1.165, 1.54) is 13.0 Å². The second kappa shape index (κ2) is 8.56. The van der Waals surface area contributed by atoms with Gasteiger partial charge >= 0.3 is 11.7 Å². The zero-order chi connectivity index (χ0) is 14.8. The highest BCUT2D eigenvalue weighted by atomic mass is 16.5. The van der Waals surface area contributed by atoms with Crippen molar-refractivity contribution in [1.29, 1.82) is 0 Å². The Morgan fingerprint density at radius 1 is 1.32 bits per heavy atom. The van der Waals surface area contributed by atoms with Crippen LogP contribution < -0.4 is 0 Å². The zero-order valence-electron chi connectivity index (χ0n) is 11.0. The van der Waals surface area contributed by atoms with Crippen molar-refractivity contribution in [1.82, 2.24) is 0 Å². The number of carbonyl (C=O) groups excluding carboxylic acids is 3. The highest BCUT2D eigenvalue weighted by Gasteiger charge is 2.31. The van der Waals surface area contributed by atoms with Gasteiger partial charge < -0.3 is 10.3 Å². The molecule has 0 aromatic heterocycles. The highest BCUT2D eigenvalue weighted by molar-refractivity contribution is 6.63. The molecule has 0 saturated heterocycles. The summed E-state index contributed by atoms with van der Waals surface area (Å²) < 4.78 is 4.50. The van der Waals surface area contributed by atoms with Gasteiger partial charge in [-0.3, -0.25) is 9.59 Å². The minimum absolute atomic E-state index is 0.0272. The number of esters is 1. The van der Waals surface area contributed by atoms with Gasteiger partial charge in [0.1, 0.15) is 0 Å². The third-order valence-corrected chi connectivity index (χ3v) is 1.73. The Bertz CT molecular complexity index is 525. The van der Waals surface area contributed by atoms with Crippen LogP contribution in [0.1, 0.15) is 27.2 Å². The van der Waals surface area contributed by atoms with Crippen molar-refractivity contribution in [3.05, 3.63) is 17.2 Å². The smallest absolute Gasteiger partial charge is 0.441 e. The number of nitrogens with zero attached hydrogens (tertiary/aromatic N) is 2. The Morgan fingerprint density at radius 3 is 2.42 bits per heavy atom. The van der Waals surface area contributed by atoms with Crippen molar-refractivity contribution in [2.75, 3.05) is 6.61 Å². The van der Waals surface area contributed by atoms with Crippen LogP contribution in [-0.4, -0.2) is 34.6 Å². The molecule has 0 aromatic carbocycles. The van der Waals surface area contributed by atoms with Gasteiger partial charge in [-0.25, -0.2) is 4.79 Å². The largest absolute Gasteiger partial charge is 0.457 e. The second-order valence-electron chi connectivity index (χ2n) is 3.68. The van der Waals surface area contributed by atoms with Gasteiger partial charge in [0.05, 0.1) is 13.0 Å². The van der Waals surface area contributed by atoms with Gasteiger partial charge in [0.25, 0.3) is 5.78 Å². The molecule has 19 heavy (non-hydrogen) atoms. The van der Waals surface area contributed by atoms with Crippen LogP contribution in [0.25, 0.3) is 5.53 Å². The van der Waals surface area contributed by atoms with Crippen molar-refractivity contribution < 1.29 is 23.9 Å². The zero-order valence-corrected chi connectivity index (χ0v) is 11.0. The molecule has 0 aliphatic carbocycles. The Hall–Kier alpha value is -2.51. The topological polar surface area (TPSA) is 96.8 Å². The first-order valence-electron chi connectivity index (χ1n) is 5.52. The van der Waals surface area contributed by atoms with E-state index >= 15 is 0 Å². The molecular weight excluding hydrogens is 248 g/mol. The molecule has 0 radical (unpaired) electrons. The first kappa shape index (κ1) is 16.5. The lowest BCUT2D eigenvalue weighted by Gasteiger charge is -1.95. The fourth-order valence-corrected chi connectivity index (χ4v) is 0.945. The minimum Gasteiger partial charge on any atom is -0.457 e. The number of Topliss-reactive ketones (excluding diaryl/α,β-unsaturated/α-hetero) is 2. The molecule has 0 aromatic rings. The van der Waals surface area contributed by atoms with Crippen molar-refractivity contribution in [2.45, 2.75) is 27.2 Å². The number of ketones is 2. The minimum atomic E-state index is -1.07. The average molecular weight is 262 g/mol. The van der Waals surface area contributed by atoms with Gasteiger partial charge in [-0.15, -0.1) is 0 Å². The van der Waals surface area contributed by atoms with Gasteiger partial charge in [-0.1, -0.05) is 11.5 Å². The van der Waals surface area contributed by atoms with Crippen molar-refractivity contribution in [3.8, 4) is 11.8 Å². The van der Waals surface area contributed by atoms with E-state index < -0.39 is 29.7 Å². The maximum atomic E-state index is 11.5. The van der Waals surface area contributed by atoms with E-state index in [1.807, 2.05) is 13.8 Å². The van der Waals surface area contributed by atoms with Gasteiger partial charge in [0.15, 0.2) is 0 Å². The summed E-state index contributed by atoms with van der Waals surface area (Å²) in [5.41, 5.74) is 8.67. The van der Waals surface area contributed by atoms with E-state index in [9.17, 15) is 14.4 Å². The number of rotatable bonds is 5. The lowest BCUT2D eigenvalue weighted by molar-refractivity contribution is -0.141. The van der Waals surface area contributed by atoms with Gasteiger partial charge in [-0.05, 0) is 32.8 Å². The van der Waals surface area contributed by atoms with Crippen LogP contribution in [0.15, 0.2) is 11.6 Å². The van der Waals surface area contributed by atoms with E-state index in [0.29, 0.717) is 0 Å². The van der Waals surface area contributed by atoms with Crippen LogP contribution in [0.5, 0.6) is 0 Å². The summed E-state index contributed by atoms with van der Waals surface area (Å²) >= 11 is 0. The first-order chi connectivity index (χ1) is 8.92. The SMILES string of the molecule is CCOC(=O)C(=[N+]=[N-])C(=O)CC(=O)C#CC=C(C)C. The number of ether oxygens (including phenoxy) is 1. The van der Waals surface area contributed by atoms with Crippen LogP contribution in [0.4, 0.5) is 0 Å². The molecule has 0 fully saturated rings. The van der Waals surface area contributed by atoms with Crippen molar-refractivity contribution in [2.24, 2.45) is 0 Å². The van der Waals surface area contributed by atoms with Gasteiger partial charge in [-0.2, -0.15) is 4.79 Å². The standard InChI is InChI=1S/C13H14N2O4/c1-4-19-13(18)12(15-14)11(17)8-10(16)7-5-6-9(2)3/h6H,4,8H2,1-3H3. The third kappa shape index (κ3) is 6.71. The second-order valence-corrected chi connectivity index (χ2v) is 3.68. The maximum absolute atomic E-state index is 11.5. The van der Waals surface area contributed by atoms with Crippen molar-refractivity contribution in [3.63, 3.8) is 0 Å². The van der Waals surface area contributed by atoms with E-state index in [1.54, 1.807) is 0 Å². The van der Waals surface area contributed by atoms with Gasteiger partial charge in [0.2, 0.25) is 5.78 Å². The number of allylic oxidation sites excluding steroid dienone is 2. The Balaban J connectivity index is 4.72. The number of hydrogen-bond donors (Lipinski definition) is 0. The quantitative estimate of drug-likeness (QED) is 0.139. The van der Waals surface area contributed by atoms with Crippen LogP contribution in [0.2, 0.25) is 0 Å². The molecule has 6 nitrogen and oxygen atoms in total. The summed E-state index contributed by atoms with van der Waals surface area (Å²) in [7, 11) is 0. The molecule has 100 valence electrons. The van der Waals surface area contributed by atoms with Gasteiger partial charge in [0, 0.05) is 0 Å². The predicted molar refractivity (Wildman–Crippen MR) is 67.1 cm³/mol. The Morgan fingerprint density at radius 2 is 1.95 bits per heavy atom. The van der Waals surface area contributed by atoms with E-state index in [-0.39, 0.29) is 6.61 Å². The molecular formula is C13H14N2O4. The van der Waals surface area contributed by atoms with Crippen LogP contribution in [0.3, 0.4) is 0 Å². The van der Waals surface area contributed by atoms with Crippen LogP contribution >= 0.6 is 0 Å². The summed E-state index contributed by atoms with van der Waals surface area (Å²) in [4.78, 5) is 36.6. The molecule has 0 heterocycles. The molecule has 0 bridgehead atoms. The van der Waals surface area contributed by atoms with Crippen molar-refractivity contribution >= 4 is 23.2 Å². The Labute approximate surface area is 111 Å². The van der Waals surface area contributed by atoms with E-state index in [2.05, 4.69) is 21.4 Å².